The summed E-state index contributed by atoms with van der Waals surface area (Å²) >= 11 is 0. The summed E-state index contributed by atoms with van der Waals surface area (Å²) in [6, 6.07) is 5.17. The van der Waals surface area contributed by atoms with Gasteiger partial charge in [0.1, 0.15) is 12.4 Å². The van der Waals surface area contributed by atoms with Crippen LogP contribution < -0.4 is 15.4 Å². The van der Waals surface area contributed by atoms with E-state index >= 15 is 0 Å². The SMILES string of the molecule is CN=C(NCCOc1ccccc1C(F)(F)F)NC(C)COC1CCOC1. The quantitative estimate of drug-likeness (QED) is 0.406. The number of para-hydroxylation sites is 1. The van der Waals surface area contributed by atoms with Gasteiger partial charge in [-0.3, -0.25) is 4.99 Å². The van der Waals surface area contributed by atoms with Gasteiger partial charge >= 0.3 is 6.18 Å². The summed E-state index contributed by atoms with van der Waals surface area (Å²) in [5, 5.41) is 6.17. The molecule has 1 heterocycles. The Bertz CT molecular complexity index is 605. The van der Waals surface area contributed by atoms with E-state index in [0.717, 1.165) is 19.1 Å². The number of nitrogens with one attached hydrogen (secondary N) is 2. The molecule has 0 spiro atoms. The molecule has 1 aromatic rings. The van der Waals surface area contributed by atoms with Gasteiger partial charge in [0.05, 0.1) is 31.4 Å². The van der Waals surface area contributed by atoms with Gasteiger partial charge in [0, 0.05) is 19.7 Å². The van der Waals surface area contributed by atoms with Crippen molar-refractivity contribution in [3.05, 3.63) is 29.8 Å². The van der Waals surface area contributed by atoms with Crippen LogP contribution in [0.15, 0.2) is 29.3 Å². The monoisotopic (exact) mass is 389 g/mol. The third-order valence-electron chi connectivity index (χ3n) is 3.92. The average molecular weight is 389 g/mol. The normalized spacial score (nSPS) is 19.0. The molecule has 1 aromatic carbocycles. The largest absolute Gasteiger partial charge is 0.491 e. The molecule has 0 amide bonds. The van der Waals surface area contributed by atoms with Crippen LogP contribution in [0.1, 0.15) is 18.9 Å². The van der Waals surface area contributed by atoms with Crippen molar-refractivity contribution in [3.8, 4) is 5.75 Å². The maximum Gasteiger partial charge on any atom is 0.419 e. The minimum Gasteiger partial charge on any atom is -0.491 e. The summed E-state index contributed by atoms with van der Waals surface area (Å²) in [5.41, 5.74) is -0.783. The van der Waals surface area contributed by atoms with Crippen molar-refractivity contribution in [3.63, 3.8) is 0 Å². The highest BCUT2D eigenvalue weighted by Crippen LogP contribution is 2.35. The van der Waals surface area contributed by atoms with Crippen molar-refractivity contribution >= 4 is 5.96 Å². The molecule has 2 rings (SSSR count). The number of hydrogen-bond donors (Lipinski definition) is 2. The van der Waals surface area contributed by atoms with E-state index < -0.39 is 11.7 Å². The molecule has 0 aromatic heterocycles. The fourth-order valence-electron chi connectivity index (χ4n) is 2.55. The van der Waals surface area contributed by atoms with E-state index in [1.807, 2.05) is 6.92 Å². The Kier molecular flexibility index (Phi) is 8.18. The first-order valence-corrected chi connectivity index (χ1v) is 8.85. The Morgan fingerprint density at radius 2 is 2.15 bits per heavy atom. The third-order valence-corrected chi connectivity index (χ3v) is 3.92. The first-order valence-electron chi connectivity index (χ1n) is 8.85. The number of hydrogen-bond acceptors (Lipinski definition) is 4. The maximum absolute atomic E-state index is 12.9. The van der Waals surface area contributed by atoms with Gasteiger partial charge in [0.25, 0.3) is 0 Å². The molecule has 1 aliphatic heterocycles. The van der Waals surface area contributed by atoms with Crippen LogP contribution in [0, 0.1) is 0 Å². The fraction of sp³-hybridized carbons (Fsp3) is 0.611. The number of guanidine groups is 1. The van der Waals surface area contributed by atoms with Crippen molar-refractivity contribution in [1.82, 2.24) is 10.6 Å². The van der Waals surface area contributed by atoms with Gasteiger partial charge in [0.2, 0.25) is 0 Å². The molecule has 1 saturated heterocycles. The summed E-state index contributed by atoms with van der Waals surface area (Å²) in [7, 11) is 1.62. The Labute approximate surface area is 157 Å². The smallest absolute Gasteiger partial charge is 0.419 e. The minimum atomic E-state index is -4.44. The van der Waals surface area contributed by atoms with Crippen LogP contribution in [-0.4, -0.2) is 58.1 Å². The molecular formula is C18H26F3N3O3. The van der Waals surface area contributed by atoms with Crippen LogP contribution in [0.2, 0.25) is 0 Å². The zero-order valence-corrected chi connectivity index (χ0v) is 15.5. The van der Waals surface area contributed by atoms with Crippen LogP contribution in [0.25, 0.3) is 0 Å². The van der Waals surface area contributed by atoms with Crippen molar-refractivity contribution in [2.45, 2.75) is 31.7 Å². The number of rotatable bonds is 8. The van der Waals surface area contributed by atoms with Gasteiger partial charge < -0.3 is 24.8 Å². The van der Waals surface area contributed by atoms with Gasteiger partial charge in [-0.25, -0.2) is 0 Å². The van der Waals surface area contributed by atoms with Crippen LogP contribution in [0.3, 0.4) is 0 Å². The second kappa shape index (κ2) is 10.4. The lowest BCUT2D eigenvalue weighted by Crippen LogP contribution is -2.45. The topological polar surface area (TPSA) is 64.1 Å². The van der Waals surface area contributed by atoms with Gasteiger partial charge in [-0.2, -0.15) is 13.2 Å². The lowest BCUT2D eigenvalue weighted by atomic mass is 10.2. The van der Waals surface area contributed by atoms with E-state index in [1.165, 1.54) is 18.2 Å². The van der Waals surface area contributed by atoms with Crippen LogP contribution in [0.4, 0.5) is 13.2 Å². The van der Waals surface area contributed by atoms with E-state index in [9.17, 15) is 13.2 Å². The zero-order chi connectivity index (χ0) is 19.7. The van der Waals surface area contributed by atoms with Crippen LogP contribution >= 0.6 is 0 Å². The molecule has 0 radical (unpaired) electrons. The summed E-state index contributed by atoms with van der Waals surface area (Å²) < 4.78 is 55.0. The van der Waals surface area contributed by atoms with E-state index in [0.29, 0.717) is 25.7 Å². The first-order chi connectivity index (χ1) is 12.9. The molecule has 0 saturated carbocycles. The summed E-state index contributed by atoms with van der Waals surface area (Å²) in [6.45, 7) is 4.18. The second-order valence-corrected chi connectivity index (χ2v) is 6.21. The highest BCUT2D eigenvalue weighted by Gasteiger charge is 2.33. The number of aliphatic imine (C=N–C) groups is 1. The molecule has 9 heteroatoms. The highest BCUT2D eigenvalue weighted by atomic mass is 19.4. The Balaban J connectivity index is 1.70. The second-order valence-electron chi connectivity index (χ2n) is 6.21. The molecule has 0 bridgehead atoms. The lowest BCUT2D eigenvalue weighted by molar-refractivity contribution is -0.138. The predicted octanol–water partition coefficient (Wildman–Crippen LogP) is 2.44. The van der Waals surface area contributed by atoms with E-state index in [1.54, 1.807) is 7.05 Å². The predicted molar refractivity (Wildman–Crippen MR) is 96.1 cm³/mol. The van der Waals surface area contributed by atoms with Crippen molar-refractivity contribution in [2.75, 3.05) is 40.0 Å². The first kappa shape index (κ1) is 21.3. The number of ether oxygens (including phenoxy) is 3. The van der Waals surface area contributed by atoms with E-state index in [-0.39, 0.29) is 24.5 Å². The number of alkyl halides is 3. The van der Waals surface area contributed by atoms with Crippen molar-refractivity contribution in [2.24, 2.45) is 4.99 Å². The Morgan fingerprint density at radius 1 is 1.37 bits per heavy atom. The standard InChI is InChI=1S/C18H26F3N3O3/c1-13(11-27-14-7-9-25-12-14)24-17(22-2)23-8-10-26-16-6-4-3-5-15(16)18(19,20)21/h3-6,13-14H,7-12H2,1-2H3,(H2,22,23,24). The maximum atomic E-state index is 12.9. The third kappa shape index (κ3) is 7.26. The van der Waals surface area contributed by atoms with Gasteiger partial charge in [-0.1, -0.05) is 12.1 Å². The fourth-order valence-corrected chi connectivity index (χ4v) is 2.55. The molecule has 152 valence electrons. The summed E-state index contributed by atoms with van der Waals surface area (Å²) in [4.78, 5) is 4.09. The average Bonchev–Trinajstić information content (AvgIpc) is 3.15. The highest BCUT2D eigenvalue weighted by molar-refractivity contribution is 5.79. The van der Waals surface area contributed by atoms with Crippen LogP contribution in [0.5, 0.6) is 5.75 Å². The molecule has 2 N–H and O–H groups in total. The molecule has 1 aliphatic rings. The molecular weight excluding hydrogens is 363 g/mol. The van der Waals surface area contributed by atoms with E-state index in [4.69, 9.17) is 14.2 Å². The van der Waals surface area contributed by atoms with Crippen LogP contribution in [-0.2, 0) is 15.7 Å². The van der Waals surface area contributed by atoms with Gasteiger partial charge in [-0.15, -0.1) is 0 Å². The number of halogens is 3. The summed E-state index contributed by atoms with van der Waals surface area (Å²) in [6.07, 6.45) is -3.41. The molecule has 2 unspecified atom stereocenters. The van der Waals surface area contributed by atoms with Crippen molar-refractivity contribution in [1.29, 1.82) is 0 Å². The Morgan fingerprint density at radius 3 is 2.81 bits per heavy atom. The molecule has 6 nitrogen and oxygen atoms in total. The molecule has 0 aliphatic carbocycles. The zero-order valence-electron chi connectivity index (χ0n) is 15.5. The molecule has 2 atom stereocenters. The Hall–Kier alpha value is -2.00. The summed E-state index contributed by atoms with van der Waals surface area (Å²) in [5.74, 6) is 0.344. The molecule has 27 heavy (non-hydrogen) atoms. The number of nitrogens with zero attached hydrogens (tertiary/aromatic N) is 1. The minimum absolute atomic E-state index is 0.0173. The van der Waals surface area contributed by atoms with Crippen molar-refractivity contribution < 1.29 is 27.4 Å². The lowest BCUT2D eigenvalue weighted by Gasteiger charge is -2.20. The number of benzene rings is 1. The van der Waals surface area contributed by atoms with Gasteiger partial charge in [-0.05, 0) is 25.5 Å². The molecule has 1 fully saturated rings. The van der Waals surface area contributed by atoms with E-state index in [2.05, 4.69) is 15.6 Å². The van der Waals surface area contributed by atoms with Gasteiger partial charge in [0.15, 0.2) is 5.96 Å².